The fourth-order valence-electron chi connectivity index (χ4n) is 15.5. The highest BCUT2D eigenvalue weighted by Crippen LogP contribution is 2.39. The first kappa shape index (κ1) is 104. The van der Waals surface area contributed by atoms with Crippen molar-refractivity contribution < 1.29 is 227 Å². The van der Waals surface area contributed by atoms with Crippen molar-refractivity contribution in [3.63, 3.8) is 0 Å². The molecule has 123 heavy (non-hydrogen) atoms. The summed E-state index contributed by atoms with van der Waals surface area (Å²) in [6.45, 7) is 0.0441. The van der Waals surface area contributed by atoms with Crippen molar-refractivity contribution in [2.75, 3.05) is 118 Å². The lowest BCUT2D eigenvalue weighted by Gasteiger charge is -2.50. The number of thioether (sulfide) groups is 1. The van der Waals surface area contributed by atoms with E-state index >= 15 is 0 Å². The predicted molar refractivity (Wildman–Crippen MR) is 402 cm³/mol. The molecule has 27 N–H and O–H groups in total. The highest BCUT2D eigenvalue weighted by Gasteiger charge is 2.59. The molecule has 9 heterocycles. The minimum atomic E-state index is -2.52. The summed E-state index contributed by atoms with van der Waals surface area (Å²) in [5, 5.41) is 283. The Hall–Kier alpha value is -2.96. The third kappa shape index (κ3) is 25.7. The van der Waals surface area contributed by atoms with E-state index in [1.807, 2.05) is 6.92 Å². The van der Waals surface area contributed by atoms with E-state index < -0.39 is 335 Å². The number of aliphatic hydroxyl groups excluding tert-OH is 25. The molecule has 9 aliphatic rings. The van der Waals surface area contributed by atoms with Gasteiger partial charge in [0.1, 0.15) is 201 Å². The second-order valence-electron chi connectivity index (χ2n) is 33.7. The van der Waals surface area contributed by atoms with Gasteiger partial charge >= 0.3 is 0 Å². The normalized spacial score (nSPS) is 44.4. The standard InChI is InChI=1S/C73H128N4O45S/c1-8-28(17-73(3,4)72(105)75-11-9-14-77(5,6)7)62(104)74-12-16-123-15-10-13-76(27(2)81)63-50(97)47(94)57(34(20-80)112-63)118-68-55(102)48(95)59(37(116-68)26-111-71-61(40(87)31(84)23-108-71)122-66-53(100)45(92)42(89)33(19-79)114-66)120-69-56(103)49(96)58(119-67-54(101)46(93)43(90)35(115-67)24-109-64-51(98)38(85)29(82)21-106-64)36(117-69)25-110-70-60(39(86)30(83)22-107-70)121-65-52(99)44(91)41(88)32(18-78)113-65/h28-61,63-71,78-80,82-103H,8-26H2,1-7H3,(H-,74,75,104,105)/p+1/t28?,29-,30-,31-,32?,33?,34+,35?,36+,37?,38-,39-,40-,41-,42-,43-,44-,45-,46-,47?,48+,49?,50?,51?,52?,53?,54?,55?,56?,57+,58+,59-,60?,61?,63-,64-,65-,66-,67-,68-,69+,70-,71-/m0/s1. The van der Waals surface area contributed by atoms with Gasteiger partial charge in [-0.3, -0.25) is 14.4 Å². The number of nitrogens with one attached hydrogen (secondary N) is 2. The van der Waals surface area contributed by atoms with Gasteiger partial charge in [0.05, 0.1) is 87.1 Å². The highest BCUT2D eigenvalue weighted by molar-refractivity contribution is 7.99. The van der Waals surface area contributed by atoms with E-state index in [0.717, 1.165) is 29.3 Å². The number of hydrogen-bond acceptors (Lipinski definition) is 46. The second-order valence-corrected chi connectivity index (χ2v) is 35.0. The first-order valence-corrected chi connectivity index (χ1v) is 42.1. The molecule has 716 valence electrons. The zero-order valence-corrected chi connectivity index (χ0v) is 69.7. The quantitative estimate of drug-likeness (QED) is 0.0201. The van der Waals surface area contributed by atoms with Crippen LogP contribution in [0.25, 0.3) is 0 Å². The molecule has 9 aliphatic heterocycles. The van der Waals surface area contributed by atoms with E-state index in [2.05, 4.69) is 31.8 Å². The number of carbonyl (C=O) groups is 3. The Balaban J connectivity index is 0.943. The Morgan fingerprint density at radius 1 is 0.415 bits per heavy atom. The Morgan fingerprint density at radius 2 is 0.789 bits per heavy atom. The lowest BCUT2D eigenvalue weighted by Crippen LogP contribution is -2.68. The van der Waals surface area contributed by atoms with E-state index in [1.54, 1.807) is 13.8 Å². The molecule has 0 spiro atoms. The van der Waals surface area contributed by atoms with Crippen LogP contribution in [0.1, 0.15) is 53.4 Å². The van der Waals surface area contributed by atoms with Crippen molar-refractivity contribution >= 4 is 29.5 Å². The third-order valence-electron chi connectivity index (χ3n) is 23.0. The maximum absolute atomic E-state index is 13.4. The minimum Gasteiger partial charge on any atom is -0.394 e. The van der Waals surface area contributed by atoms with Crippen LogP contribution < -0.4 is 10.6 Å². The number of quaternary nitrogens is 1. The van der Waals surface area contributed by atoms with Crippen LogP contribution in [0.3, 0.4) is 0 Å². The van der Waals surface area contributed by atoms with Gasteiger partial charge in [0.25, 0.3) is 0 Å². The van der Waals surface area contributed by atoms with Crippen LogP contribution in [0.15, 0.2) is 0 Å². The molecule has 50 heteroatoms. The Kier molecular flexibility index (Phi) is 39.2. The number of rotatable bonds is 39. The van der Waals surface area contributed by atoms with E-state index in [4.69, 9.17) is 80.5 Å². The Labute approximate surface area is 710 Å². The lowest BCUT2D eigenvalue weighted by atomic mass is 9.80. The Bertz CT molecular complexity index is 3190. The molecule has 9 saturated heterocycles. The molecule has 0 aromatic rings. The molecule has 9 fully saturated rings. The zero-order valence-electron chi connectivity index (χ0n) is 68.9. The van der Waals surface area contributed by atoms with Crippen molar-refractivity contribution in [1.82, 2.24) is 15.5 Å². The molecular weight excluding hydrogens is 1680 g/mol. The van der Waals surface area contributed by atoms with Crippen molar-refractivity contribution in [3.8, 4) is 0 Å². The monoisotopic (exact) mass is 1810 g/mol. The number of aliphatic hydroxyl groups is 25. The summed E-state index contributed by atoms with van der Waals surface area (Å²) in [5.74, 6) is -0.690. The molecule has 0 aliphatic carbocycles. The Morgan fingerprint density at radius 3 is 1.23 bits per heavy atom. The second kappa shape index (κ2) is 46.4. The topological polar surface area (TPSA) is 741 Å². The van der Waals surface area contributed by atoms with E-state index in [9.17, 15) is 142 Å². The van der Waals surface area contributed by atoms with Crippen molar-refractivity contribution in [1.29, 1.82) is 0 Å². The molecule has 0 saturated carbocycles. The van der Waals surface area contributed by atoms with Gasteiger partial charge in [-0.15, -0.1) is 0 Å². The number of ether oxygens (including phenoxy) is 17. The molecule has 9 rings (SSSR count). The third-order valence-corrected chi connectivity index (χ3v) is 24.1. The lowest BCUT2D eigenvalue weighted by molar-refractivity contribution is -0.870. The molecule has 0 bridgehead atoms. The van der Waals surface area contributed by atoms with Gasteiger partial charge in [-0.05, 0) is 25.0 Å². The molecule has 0 aromatic carbocycles. The molecule has 49 nitrogen and oxygen atoms in total. The molecule has 0 aromatic heterocycles. The van der Waals surface area contributed by atoms with Crippen LogP contribution in [0.4, 0.5) is 0 Å². The smallest absolute Gasteiger partial charge is 0.225 e. The van der Waals surface area contributed by atoms with Crippen molar-refractivity contribution in [3.05, 3.63) is 0 Å². The number of amides is 3. The summed E-state index contributed by atoms with van der Waals surface area (Å²) in [6.07, 6.45) is -83.7. The average Bonchev–Trinajstić information content (AvgIpc) is 0.772. The predicted octanol–water partition coefficient (Wildman–Crippen LogP) is -16.0. The molecular formula is C73H129N4O45S+. The van der Waals surface area contributed by atoms with Gasteiger partial charge in [0.15, 0.2) is 56.5 Å². The zero-order chi connectivity index (χ0) is 90.7. The average molecular weight is 1810 g/mol. The number of hydrogen-bond donors (Lipinski definition) is 27. The van der Waals surface area contributed by atoms with Crippen LogP contribution in [-0.4, -0.2) is 531 Å². The van der Waals surface area contributed by atoms with Crippen LogP contribution in [-0.2, 0) is 94.9 Å². The van der Waals surface area contributed by atoms with Crippen molar-refractivity contribution in [2.45, 2.75) is 311 Å². The van der Waals surface area contributed by atoms with Gasteiger partial charge in [-0.1, -0.05) is 20.8 Å². The van der Waals surface area contributed by atoms with E-state index in [-0.39, 0.29) is 31.3 Å². The van der Waals surface area contributed by atoms with Gasteiger partial charge in [-0.25, -0.2) is 0 Å². The summed E-state index contributed by atoms with van der Waals surface area (Å²) < 4.78 is 100. The van der Waals surface area contributed by atoms with Crippen molar-refractivity contribution in [2.24, 2.45) is 11.3 Å². The van der Waals surface area contributed by atoms with Crippen LogP contribution in [0.2, 0.25) is 0 Å². The largest absolute Gasteiger partial charge is 0.394 e. The minimum absolute atomic E-state index is 0.104. The van der Waals surface area contributed by atoms with Gasteiger partial charge in [0, 0.05) is 50.1 Å². The first-order valence-electron chi connectivity index (χ1n) is 40.9. The summed E-state index contributed by atoms with van der Waals surface area (Å²) >= 11 is 1.41. The summed E-state index contributed by atoms with van der Waals surface area (Å²) in [7, 11) is 6.17. The fraction of sp³-hybridized carbons (Fsp3) is 0.959. The van der Waals surface area contributed by atoms with Gasteiger partial charge < -0.3 is 228 Å². The van der Waals surface area contributed by atoms with Gasteiger partial charge in [0.2, 0.25) is 17.7 Å². The number of carbonyl (C=O) groups excluding carboxylic acids is 3. The molecule has 43 atom stereocenters. The summed E-state index contributed by atoms with van der Waals surface area (Å²) in [5.41, 5.74) is -0.833. The SMILES string of the molecule is CCC(CC(C)(C)C(=O)NCCC[N+](C)(C)C)C(=O)NCCSCCCN(C(C)=O)[C@H]1O[C@H](CO)[C@@H](O[C@@H]2OC(CO[C@@H]3OC[C@H](O)[C@H](O)C3O[C@@H]3OC(CO)[C@H](O)[C@H](O)C3O)[C@H](O[C@H]3O[C@H](CO[C@@H]4OC[C@H](O)[C@H](O)C4O[C@@H]4OC(CO)[C@H](O)[C@H](O)C4O)[C@@H](O[C@@H]4OC(CO[C@@H]5OC[C@H](O)[C@H](O)C5O)[C@H](O)[C@H](O)C4O)C(O)C3O)[C@H](O)C2O)C(O)C1O. The highest BCUT2D eigenvalue weighted by atomic mass is 32.2. The first-order chi connectivity index (χ1) is 58.0. The number of nitrogens with zero attached hydrogens (tertiary/aromatic N) is 2. The molecule has 3 amide bonds. The van der Waals surface area contributed by atoms with Crippen LogP contribution >= 0.6 is 11.8 Å². The summed E-state index contributed by atoms with van der Waals surface area (Å²) in [4.78, 5) is 41.0. The maximum atomic E-state index is 13.4. The van der Waals surface area contributed by atoms with Gasteiger partial charge in [-0.2, -0.15) is 11.8 Å². The van der Waals surface area contributed by atoms with Crippen LogP contribution in [0.5, 0.6) is 0 Å². The van der Waals surface area contributed by atoms with Crippen LogP contribution in [0, 0.1) is 11.3 Å². The van der Waals surface area contributed by atoms with E-state index in [0.29, 0.717) is 30.9 Å². The maximum Gasteiger partial charge on any atom is 0.225 e. The summed E-state index contributed by atoms with van der Waals surface area (Å²) in [6, 6.07) is 0. The van der Waals surface area contributed by atoms with E-state index in [1.165, 1.54) is 11.8 Å². The molecule has 0 radical (unpaired) electrons. The molecule has 16 unspecified atom stereocenters. The fourth-order valence-corrected chi connectivity index (χ4v) is 16.2.